The van der Waals surface area contributed by atoms with Crippen LogP contribution in [0.4, 0.5) is 0 Å². The lowest BCUT2D eigenvalue weighted by atomic mass is 9.85. The molecule has 0 saturated heterocycles. The Labute approximate surface area is 99.8 Å². The molecule has 1 nitrogen and oxygen atoms in total. The van der Waals surface area contributed by atoms with Crippen LogP contribution in [0.25, 0.3) is 0 Å². The van der Waals surface area contributed by atoms with Gasteiger partial charge in [0.25, 0.3) is 0 Å². The van der Waals surface area contributed by atoms with Crippen LogP contribution in [0.5, 0.6) is 5.75 Å². The highest BCUT2D eigenvalue weighted by Crippen LogP contribution is 2.33. The van der Waals surface area contributed by atoms with E-state index in [0.29, 0.717) is 5.92 Å². The third-order valence-electron chi connectivity index (χ3n) is 2.78. The maximum Gasteiger partial charge on any atom is 0.123 e. The first-order chi connectivity index (χ1) is 7.36. The summed E-state index contributed by atoms with van der Waals surface area (Å²) in [4.78, 5) is 0. The average Bonchev–Trinajstić information content (AvgIpc) is 2.16. The SMILES string of the molecule is CCOc1cc(C(C)C)ccc1C(C)(C)C. The van der Waals surface area contributed by atoms with Crippen molar-refractivity contribution >= 4 is 0 Å². The highest BCUT2D eigenvalue weighted by molar-refractivity contribution is 5.42. The minimum Gasteiger partial charge on any atom is -0.494 e. The van der Waals surface area contributed by atoms with Gasteiger partial charge in [0, 0.05) is 0 Å². The Morgan fingerprint density at radius 2 is 1.81 bits per heavy atom. The Morgan fingerprint density at radius 3 is 2.25 bits per heavy atom. The summed E-state index contributed by atoms with van der Waals surface area (Å²) < 4.78 is 5.75. The fraction of sp³-hybridized carbons (Fsp3) is 0.600. The van der Waals surface area contributed by atoms with Crippen LogP contribution in [0.15, 0.2) is 18.2 Å². The molecule has 0 aliphatic rings. The minimum absolute atomic E-state index is 0.139. The van der Waals surface area contributed by atoms with Gasteiger partial charge in [-0.3, -0.25) is 0 Å². The van der Waals surface area contributed by atoms with E-state index in [-0.39, 0.29) is 5.41 Å². The second kappa shape index (κ2) is 4.90. The molecule has 1 rings (SSSR count). The van der Waals surface area contributed by atoms with E-state index in [4.69, 9.17) is 4.74 Å². The molecule has 0 heterocycles. The van der Waals surface area contributed by atoms with Crippen LogP contribution in [-0.2, 0) is 5.41 Å². The summed E-state index contributed by atoms with van der Waals surface area (Å²) >= 11 is 0. The summed E-state index contributed by atoms with van der Waals surface area (Å²) in [7, 11) is 0. The zero-order chi connectivity index (χ0) is 12.3. The van der Waals surface area contributed by atoms with E-state index in [1.165, 1.54) is 11.1 Å². The lowest BCUT2D eigenvalue weighted by Crippen LogP contribution is -2.13. The van der Waals surface area contributed by atoms with Crippen molar-refractivity contribution in [3.8, 4) is 5.75 Å². The van der Waals surface area contributed by atoms with Crippen molar-refractivity contribution in [3.63, 3.8) is 0 Å². The Balaban J connectivity index is 3.19. The van der Waals surface area contributed by atoms with Crippen LogP contribution in [-0.4, -0.2) is 6.61 Å². The molecule has 1 heteroatoms. The molecule has 0 saturated carbocycles. The molecule has 0 aliphatic heterocycles. The van der Waals surface area contributed by atoms with Gasteiger partial charge >= 0.3 is 0 Å². The molecule has 1 aromatic rings. The van der Waals surface area contributed by atoms with E-state index in [0.717, 1.165) is 12.4 Å². The third kappa shape index (κ3) is 3.01. The van der Waals surface area contributed by atoms with E-state index in [2.05, 4.69) is 52.8 Å². The van der Waals surface area contributed by atoms with Gasteiger partial charge in [-0.25, -0.2) is 0 Å². The molecule has 0 radical (unpaired) electrons. The second-order valence-corrected chi connectivity index (χ2v) is 5.59. The molecule has 0 amide bonds. The predicted molar refractivity (Wildman–Crippen MR) is 70.4 cm³/mol. The summed E-state index contributed by atoms with van der Waals surface area (Å²) in [5.41, 5.74) is 2.77. The molecule has 0 aliphatic carbocycles. The van der Waals surface area contributed by atoms with Crippen molar-refractivity contribution in [3.05, 3.63) is 29.3 Å². The molecule has 0 atom stereocenters. The highest BCUT2D eigenvalue weighted by atomic mass is 16.5. The van der Waals surface area contributed by atoms with Gasteiger partial charge in [-0.05, 0) is 35.4 Å². The number of rotatable bonds is 3. The Hall–Kier alpha value is -0.980. The van der Waals surface area contributed by atoms with Crippen molar-refractivity contribution in [2.24, 2.45) is 0 Å². The van der Waals surface area contributed by atoms with Gasteiger partial charge in [0.05, 0.1) is 6.61 Å². The van der Waals surface area contributed by atoms with Gasteiger partial charge in [0.2, 0.25) is 0 Å². The topological polar surface area (TPSA) is 9.23 Å². The van der Waals surface area contributed by atoms with Crippen LogP contribution in [0.2, 0.25) is 0 Å². The summed E-state index contributed by atoms with van der Waals surface area (Å²) in [5, 5.41) is 0. The fourth-order valence-electron chi connectivity index (χ4n) is 1.79. The molecule has 0 unspecified atom stereocenters. The number of ether oxygens (including phenoxy) is 1. The quantitative estimate of drug-likeness (QED) is 0.728. The standard InChI is InChI=1S/C15H24O/c1-7-16-14-10-12(11(2)3)8-9-13(14)15(4,5)6/h8-11H,7H2,1-6H3. The number of hydrogen-bond donors (Lipinski definition) is 0. The lowest BCUT2D eigenvalue weighted by molar-refractivity contribution is 0.329. The van der Waals surface area contributed by atoms with Crippen molar-refractivity contribution in [2.75, 3.05) is 6.61 Å². The minimum atomic E-state index is 0.139. The summed E-state index contributed by atoms with van der Waals surface area (Å²) in [6, 6.07) is 6.61. The Morgan fingerprint density at radius 1 is 1.19 bits per heavy atom. The Kier molecular flexibility index (Phi) is 4.01. The molecule has 1 aromatic carbocycles. The van der Waals surface area contributed by atoms with E-state index >= 15 is 0 Å². The summed E-state index contributed by atoms with van der Waals surface area (Å²) in [5.74, 6) is 1.59. The number of hydrogen-bond acceptors (Lipinski definition) is 1. The van der Waals surface area contributed by atoms with Gasteiger partial charge in [-0.15, -0.1) is 0 Å². The highest BCUT2D eigenvalue weighted by Gasteiger charge is 2.19. The first-order valence-corrected chi connectivity index (χ1v) is 6.13. The van der Waals surface area contributed by atoms with Crippen LogP contribution in [0, 0.1) is 0 Å². The van der Waals surface area contributed by atoms with Crippen LogP contribution >= 0.6 is 0 Å². The van der Waals surface area contributed by atoms with Crippen LogP contribution in [0.3, 0.4) is 0 Å². The number of benzene rings is 1. The van der Waals surface area contributed by atoms with Gasteiger partial charge in [0.15, 0.2) is 0 Å². The molecular formula is C15H24O. The predicted octanol–water partition coefficient (Wildman–Crippen LogP) is 4.51. The first-order valence-electron chi connectivity index (χ1n) is 6.13. The molecule has 0 aromatic heterocycles. The van der Waals surface area contributed by atoms with E-state index < -0.39 is 0 Å². The Bertz CT molecular complexity index is 345. The molecule has 0 N–H and O–H groups in total. The second-order valence-electron chi connectivity index (χ2n) is 5.59. The van der Waals surface area contributed by atoms with Crippen molar-refractivity contribution in [1.82, 2.24) is 0 Å². The van der Waals surface area contributed by atoms with Gasteiger partial charge in [-0.1, -0.05) is 46.8 Å². The molecule has 90 valence electrons. The molecule has 0 bridgehead atoms. The smallest absolute Gasteiger partial charge is 0.123 e. The first kappa shape index (κ1) is 13.1. The maximum atomic E-state index is 5.75. The molecular weight excluding hydrogens is 196 g/mol. The summed E-state index contributed by atoms with van der Waals surface area (Å²) in [6.45, 7) is 13.8. The van der Waals surface area contributed by atoms with Crippen LogP contribution in [0.1, 0.15) is 58.6 Å². The van der Waals surface area contributed by atoms with Gasteiger partial charge in [-0.2, -0.15) is 0 Å². The fourth-order valence-corrected chi connectivity index (χ4v) is 1.79. The van der Waals surface area contributed by atoms with Gasteiger partial charge in [0.1, 0.15) is 5.75 Å². The molecule has 16 heavy (non-hydrogen) atoms. The van der Waals surface area contributed by atoms with E-state index in [1.807, 2.05) is 6.92 Å². The molecule has 0 fully saturated rings. The average molecular weight is 220 g/mol. The molecule has 0 spiro atoms. The lowest BCUT2D eigenvalue weighted by Gasteiger charge is -2.23. The van der Waals surface area contributed by atoms with E-state index in [1.54, 1.807) is 0 Å². The van der Waals surface area contributed by atoms with Crippen LogP contribution < -0.4 is 4.74 Å². The van der Waals surface area contributed by atoms with Crippen molar-refractivity contribution < 1.29 is 4.74 Å². The summed E-state index contributed by atoms with van der Waals surface area (Å²) in [6.07, 6.45) is 0. The largest absolute Gasteiger partial charge is 0.494 e. The maximum absolute atomic E-state index is 5.75. The monoisotopic (exact) mass is 220 g/mol. The van der Waals surface area contributed by atoms with Crippen molar-refractivity contribution in [2.45, 2.75) is 52.9 Å². The van der Waals surface area contributed by atoms with Gasteiger partial charge < -0.3 is 4.74 Å². The van der Waals surface area contributed by atoms with E-state index in [9.17, 15) is 0 Å². The zero-order valence-corrected chi connectivity index (χ0v) is 11.4. The zero-order valence-electron chi connectivity index (χ0n) is 11.4. The normalized spacial score (nSPS) is 11.9. The third-order valence-corrected chi connectivity index (χ3v) is 2.78. The van der Waals surface area contributed by atoms with Crippen molar-refractivity contribution in [1.29, 1.82) is 0 Å².